The van der Waals surface area contributed by atoms with Crippen LogP contribution < -0.4 is 14.2 Å². The summed E-state index contributed by atoms with van der Waals surface area (Å²) in [6, 6.07) is 22.8. The summed E-state index contributed by atoms with van der Waals surface area (Å²) >= 11 is 0. The van der Waals surface area contributed by atoms with Crippen molar-refractivity contribution < 1.29 is 23.8 Å². The van der Waals surface area contributed by atoms with E-state index in [1.807, 2.05) is 30.3 Å². The third-order valence-corrected chi connectivity index (χ3v) is 3.63. The molecule has 0 saturated carbocycles. The highest BCUT2D eigenvalue weighted by Crippen LogP contribution is 2.20. The van der Waals surface area contributed by atoms with Crippen LogP contribution in [0.15, 0.2) is 78.9 Å². The maximum Gasteiger partial charge on any atom is 0.343 e. The van der Waals surface area contributed by atoms with Crippen molar-refractivity contribution in [2.24, 2.45) is 0 Å². The molecule has 0 radical (unpaired) electrons. The molecular weight excluding hydrogens is 344 g/mol. The Balaban J connectivity index is 1.55. The number of ether oxygens (including phenoxy) is 3. The van der Waals surface area contributed by atoms with Crippen LogP contribution in [0.5, 0.6) is 17.2 Å². The number of carbonyl (C=O) groups is 2. The zero-order chi connectivity index (χ0) is 19.1. The molecule has 0 amide bonds. The van der Waals surface area contributed by atoms with E-state index in [2.05, 4.69) is 0 Å². The van der Waals surface area contributed by atoms with Gasteiger partial charge in [-0.2, -0.15) is 0 Å². The molecular formula is C22H18O5. The van der Waals surface area contributed by atoms with Gasteiger partial charge in [-0.3, -0.25) is 4.79 Å². The second-order valence-electron chi connectivity index (χ2n) is 5.75. The monoisotopic (exact) mass is 362 g/mol. The Labute approximate surface area is 157 Å². The highest BCUT2D eigenvalue weighted by Gasteiger charge is 2.09. The molecule has 0 aliphatic carbocycles. The maximum atomic E-state index is 12.2. The van der Waals surface area contributed by atoms with Crippen LogP contribution in [0.1, 0.15) is 22.8 Å². The van der Waals surface area contributed by atoms with Gasteiger partial charge in [0.25, 0.3) is 0 Å². The molecule has 5 heteroatoms. The number of benzene rings is 3. The van der Waals surface area contributed by atoms with Gasteiger partial charge in [0.2, 0.25) is 0 Å². The van der Waals surface area contributed by atoms with E-state index in [4.69, 9.17) is 14.2 Å². The molecule has 0 aliphatic rings. The molecule has 0 spiro atoms. The van der Waals surface area contributed by atoms with Gasteiger partial charge < -0.3 is 14.2 Å². The Morgan fingerprint density at radius 3 is 1.89 bits per heavy atom. The summed E-state index contributed by atoms with van der Waals surface area (Å²) in [7, 11) is 0. The van der Waals surface area contributed by atoms with Gasteiger partial charge >= 0.3 is 11.9 Å². The van der Waals surface area contributed by atoms with Crippen molar-refractivity contribution in [3.05, 3.63) is 90.0 Å². The van der Waals surface area contributed by atoms with Gasteiger partial charge in [-0.1, -0.05) is 30.3 Å². The molecule has 0 fully saturated rings. The van der Waals surface area contributed by atoms with E-state index in [-0.39, 0.29) is 0 Å². The van der Waals surface area contributed by atoms with Crippen molar-refractivity contribution in [3.63, 3.8) is 0 Å². The van der Waals surface area contributed by atoms with Gasteiger partial charge in [0, 0.05) is 6.92 Å². The maximum absolute atomic E-state index is 12.2. The number of esters is 2. The van der Waals surface area contributed by atoms with Crippen LogP contribution in [0.4, 0.5) is 0 Å². The van der Waals surface area contributed by atoms with Crippen molar-refractivity contribution in [3.8, 4) is 17.2 Å². The van der Waals surface area contributed by atoms with Gasteiger partial charge in [0.05, 0.1) is 5.56 Å². The van der Waals surface area contributed by atoms with Crippen LogP contribution in [0.25, 0.3) is 0 Å². The Bertz CT molecular complexity index is 900. The zero-order valence-electron chi connectivity index (χ0n) is 14.8. The van der Waals surface area contributed by atoms with Crippen molar-refractivity contribution in [1.82, 2.24) is 0 Å². The predicted octanol–water partition coefficient (Wildman–Crippen LogP) is 4.41. The minimum atomic E-state index is -0.498. The summed E-state index contributed by atoms with van der Waals surface area (Å²) in [5, 5.41) is 0. The fourth-order valence-corrected chi connectivity index (χ4v) is 2.34. The SMILES string of the molecule is CC(=O)Oc1ccc(C(=O)Oc2ccc(OCc3ccccc3)cc2)cc1. The first-order chi connectivity index (χ1) is 13.1. The van der Waals surface area contributed by atoms with E-state index in [9.17, 15) is 9.59 Å². The first-order valence-electron chi connectivity index (χ1n) is 8.37. The van der Waals surface area contributed by atoms with Gasteiger partial charge in [0.15, 0.2) is 0 Å². The van der Waals surface area contributed by atoms with E-state index in [0.29, 0.717) is 29.4 Å². The average Bonchev–Trinajstić information content (AvgIpc) is 2.68. The average molecular weight is 362 g/mol. The first kappa shape index (κ1) is 18.2. The summed E-state index contributed by atoms with van der Waals surface area (Å²) < 4.78 is 16.0. The van der Waals surface area contributed by atoms with E-state index in [1.165, 1.54) is 19.1 Å². The highest BCUT2D eigenvalue weighted by atomic mass is 16.5. The Kier molecular flexibility index (Phi) is 5.84. The smallest absolute Gasteiger partial charge is 0.343 e. The lowest BCUT2D eigenvalue weighted by atomic mass is 10.2. The Hall–Kier alpha value is -3.60. The van der Waals surface area contributed by atoms with Gasteiger partial charge in [-0.05, 0) is 54.1 Å². The minimum absolute atomic E-state index is 0.357. The summed E-state index contributed by atoms with van der Waals surface area (Å²) in [6.45, 7) is 1.78. The van der Waals surface area contributed by atoms with Crippen LogP contribution in [-0.4, -0.2) is 11.9 Å². The Morgan fingerprint density at radius 1 is 0.704 bits per heavy atom. The fraction of sp³-hybridized carbons (Fsp3) is 0.0909. The first-order valence-corrected chi connectivity index (χ1v) is 8.37. The van der Waals surface area contributed by atoms with E-state index < -0.39 is 11.9 Å². The van der Waals surface area contributed by atoms with Crippen molar-refractivity contribution >= 4 is 11.9 Å². The third-order valence-electron chi connectivity index (χ3n) is 3.63. The molecule has 0 aromatic heterocycles. The van der Waals surface area contributed by atoms with E-state index >= 15 is 0 Å². The third kappa shape index (κ3) is 5.44. The van der Waals surface area contributed by atoms with Crippen LogP contribution in [0, 0.1) is 0 Å². The van der Waals surface area contributed by atoms with Crippen LogP contribution >= 0.6 is 0 Å². The Morgan fingerprint density at radius 2 is 1.26 bits per heavy atom. The predicted molar refractivity (Wildman–Crippen MR) is 99.9 cm³/mol. The lowest BCUT2D eigenvalue weighted by Crippen LogP contribution is -2.08. The standard InChI is InChI=1S/C22H18O5/c1-16(23)26-20-9-7-18(8-10-20)22(24)27-21-13-11-19(12-14-21)25-15-17-5-3-2-4-6-17/h2-14H,15H2,1H3. The molecule has 0 N–H and O–H groups in total. The number of hydrogen-bond donors (Lipinski definition) is 0. The van der Waals surface area contributed by atoms with Crippen LogP contribution in [-0.2, 0) is 11.4 Å². The van der Waals surface area contributed by atoms with E-state index in [0.717, 1.165) is 5.56 Å². The topological polar surface area (TPSA) is 61.8 Å². The summed E-state index contributed by atoms with van der Waals surface area (Å²) in [6.07, 6.45) is 0. The minimum Gasteiger partial charge on any atom is -0.489 e. The fourth-order valence-electron chi connectivity index (χ4n) is 2.34. The molecule has 0 atom stereocenters. The second kappa shape index (κ2) is 8.67. The molecule has 3 rings (SSSR count). The molecule has 136 valence electrons. The summed E-state index contributed by atoms with van der Waals surface area (Å²) in [4.78, 5) is 23.1. The number of hydrogen-bond acceptors (Lipinski definition) is 5. The lowest BCUT2D eigenvalue weighted by molar-refractivity contribution is -0.131. The van der Waals surface area contributed by atoms with Crippen molar-refractivity contribution in [1.29, 1.82) is 0 Å². The van der Waals surface area contributed by atoms with Gasteiger partial charge in [-0.25, -0.2) is 4.79 Å². The molecule has 0 saturated heterocycles. The number of carbonyl (C=O) groups excluding carboxylic acids is 2. The van der Waals surface area contributed by atoms with Crippen LogP contribution in [0.2, 0.25) is 0 Å². The van der Waals surface area contributed by atoms with Crippen LogP contribution in [0.3, 0.4) is 0 Å². The second-order valence-corrected chi connectivity index (χ2v) is 5.75. The summed E-state index contributed by atoms with van der Waals surface area (Å²) in [5.74, 6) is 0.557. The van der Waals surface area contributed by atoms with Crippen molar-refractivity contribution in [2.45, 2.75) is 13.5 Å². The molecule has 3 aromatic rings. The van der Waals surface area contributed by atoms with Gasteiger partial charge in [-0.15, -0.1) is 0 Å². The molecule has 0 heterocycles. The summed E-state index contributed by atoms with van der Waals surface area (Å²) in [5.41, 5.74) is 1.43. The van der Waals surface area contributed by atoms with E-state index in [1.54, 1.807) is 36.4 Å². The molecule has 27 heavy (non-hydrogen) atoms. The number of rotatable bonds is 6. The van der Waals surface area contributed by atoms with Crippen molar-refractivity contribution in [2.75, 3.05) is 0 Å². The lowest BCUT2D eigenvalue weighted by Gasteiger charge is -2.08. The quantitative estimate of drug-likeness (QED) is 0.480. The zero-order valence-corrected chi connectivity index (χ0v) is 14.8. The van der Waals surface area contributed by atoms with Gasteiger partial charge in [0.1, 0.15) is 23.9 Å². The molecule has 3 aromatic carbocycles. The normalized spacial score (nSPS) is 10.1. The largest absolute Gasteiger partial charge is 0.489 e. The highest BCUT2D eigenvalue weighted by molar-refractivity contribution is 5.91. The molecule has 0 bridgehead atoms. The molecule has 0 unspecified atom stereocenters. The molecule has 5 nitrogen and oxygen atoms in total. The molecule has 0 aliphatic heterocycles.